The van der Waals surface area contributed by atoms with Crippen LogP contribution < -0.4 is 16.6 Å². The molecule has 4 heteroatoms. The number of aliphatic imine (C=N–C) groups is 1. The standard InChI is InChI=1S/C11H24N4/c1-4-9(5-2)8(3)13-11(15-12)14-10-6-7-10/h8-10H,4-7,12H2,1-3H3,(H2,13,14,15). The molecular weight excluding hydrogens is 188 g/mol. The quantitative estimate of drug-likeness (QED) is 0.279. The average molecular weight is 212 g/mol. The van der Waals surface area contributed by atoms with Gasteiger partial charge in [0.25, 0.3) is 0 Å². The average Bonchev–Trinajstić information content (AvgIpc) is 3.02. The molecule has 0 spiro atoms. The number of hydrogen-bond donors (Lipinski definition) is 3. The van der Waals surface area contributed by atoms with Crippen molar-refractivity contribution in [1.29, 1.82) is 0 Å². The van der Waals surface area contributed by atoms with Crippen LogP contribution in [-0.4, -0.2) is 18.0 Å². The molecule has 0 bridgehead atoms. The number of hydrazine groups is 1. The zero-order chi connectivity index (χ0) is 11.3. The summed E-state index contributed by atoms with van der Waals surface area (Å²) in [6, 6.07) is 0.922. The highest BCUT2D eigenvalue weighted by Crippen LogP contribution is 2.23. The molecule has 0 radical (unpaired) electrons. The van der Waals surface area contributed by atoms with Gasteiger partial charge in [0.15, 0.2) is 0 Å². The van der Waals surface area contributed by atoms with Crippen LogP contribution in [0.2, 0.25) is 0 Å². The molecule has 0 saturated heterocycles. The van der Waals surface area contributed by atoms with E-state index >= 15 is 0 Å². The van der Waals surface area contributed by atoms with Crippen LogP contribution in [0.25, 0.3) is 0 Å². The highest BCUT2D eigenvalue weighted by atomic mass is 15.3. The maximum Gasteiger partial charge on any atom is 0.206 e. The first kappa shape index (κ1) is 12.3. The fourth-order valence-electron chi connectivity index (χ4n) is 1.83. The molecule has 0 heterocycles. The molecule has 0 aromatic carbocycles. The minimum atomic E-state index is 0.425. The van der Waals surface area contributed by atoms with Gasteiger partial charge in [0.05, 0.1) is 6.04 Å². The lowest BCUT2D eigenvalue weighted by Gasteiger charge is -2.23. The first-order valence-electron chi connectivity index (χ1n) is 6.02. The second-order valence-corrected chi connectivity index (χ2v) is 4.36. The Morgan fingerprint density at radius 1 is 1.40 bits per heavy atom. The summed E-state index contributed by atoms with van der Waals surface area (Å²) < 4.78 is 0. The van der Waals surface area contributed by atoms with Gasteiger partial charge in [-0.2, -0.15) is 0 Å². The highest BCUT2D eigenvalue weighted by Gasteiger charge is 2.22. The Morgan fingerprint density at radius 3 is 2.40 bits per heavy atom. The first-order valence-corrected chi connectivity index (χ1v) is 6.02. The third-order valence-corrected chi connectivity index (χ3v) is 3.12. The van der Waals surface area contributed by atoms with Gasteiger partial charge in [-0.25, -0.2) is 10.8 Å². The number of rotatable bonds is 5. The molecule has 1 saturated carbocycles. The van der Waals surface area contributed by atoms with E-state index in [1.165, 1.54) is 25.7 Å². The summed E-state index contributed by atoms with van der Waals surface area (Å²) in [5, 5.41) is 3.35. The van der Waals surface area contributed by atoms with Crippen LogP contribution in [0.15, 0.2) is 4.99 Å². The van der Waals surface area contributed by atoms with Gasteiger partial charge in [-0.1, -0.05) is 26.7 Å². The Labute approximate surface area is 92.7 Å². The zero-order valence-electron chi connectivity index (χ0n) is 10.1. The lowest BCUT2D eigenvalue weighted by Crippen LogP contribution is -2.47. The Bertz CT molecular complexity index is 207. The van der Waals surface area contributed by atoms with E-state index in [-0.39, 0.29) is 0 Å². The molecule has 88 valence electrons. The normalized spacial score (nSPS) is 19.1. The van der Waals surface area contributed by atoms with Crippen molar-refractivity contribution < 1.29 is 0 Å². The predicted octanol–water partition coefficient (Wildman–Crippen LogP) is 1.38. The van der Waals surface area contributed by atoms with Crippen molar-refractivity contribution in [2.75, 3.05) is 0 Å². The van der Waals surface area contributed by atoms with Crippen LogP contribution in [-0.2, 0) is 0 Å². The van der Waals surface area contributed by atoms with Crippen LogP contribution in [0, 0.1) is 5.92 Å². The molecule has 0 aromatic heterocycles. The monoisotopic (exact) mass is 212 g/mol. The van der Waals surface area contributed by atoms with E-state index in [9.17, 15) is 0 Å². The molecule has 0 aliphatic heterocycles. The fourth-order valence-corrected chi connectivity index (χ4v) is 1.83. The molecule has 4 N–H and O–H groups in total. The summed E-state index contributed by atoms with van der Waals surface area (Å²) in [5.41, 5.74) is 2.65. The highest BCUT2D eigenvalue weighted by molar-refractivity contribution is 5.79. The van der Waals surface area contributed by atoms with Crippen molar-refractivity contribution in [3.05, 3.63) is 0 Å². The first-order chi connectivity index (χ1) is 7.21. The molecule has 1 fully saturated rings. The summed E-state index contributed by atoms with van der Waals surface area (Å²) in [5.74, 6) is 6.87. The Balaban J connectivity index is 2.42. The largest absolute Gasteiger partial charge is 0.353 e. The molecule has 15 heavy (non-hydrogen) atoms. The van der Waals surface area contributed by atoms with Crippen molar-refractivity contribution >= 4 is 5.96 Å². The second-order valence-electron chi connectivity index (χ2n) is 4.36. The smallest absolute Gasteiger partial charge is 0.206 e. The van der Waals surface area contributed by atoms with Crippen molar-refractivity contribution in [3.8, 4) is 0 Å². The van der Waals surface area contributed by atoms with Crippen LogP contribution in [0.1, 0.15) is 46.5 Å². The third kappa shape index (κ3) is 4.08. The number of nitrogens with two attached hydrogens (primary N) is 1. The summed E-state index contributed by atoms with van der Waals surface area (Å²) in [4.78, 5) is 4.47. The van der Waals surface area contributed by atoms with Gasteiger partial charge in [0.2, 0.25) is 5.96 Å². The molecule has 1 atom stereocenters. The van der Waals surface area contributed by atoms with Crippen molar-refractivity contribution in [1.82, 2.24) is 10.7 Å². The van der Waals surface area contributed by atoms with Crippen molar-refractivity contribution in [3.63, 3.8) is 0 Å². The third-order valence-electron chi connectivity index (χ3n) is 3.12. The summed E-state index contributed by atoms with van der Waals surface area (Å²) in [6.45, 7) is 6.64. The van der Waals surface area contributed by atoms with Crippen molar-refractivity contribution in [2.24, 2.45) is 16.8 Å². The number of hydrogen-bond acceptors (Lipinski definition) is 2. The molecule has 0 amide bonds. The summed E-state index contributed by atoms with van der Waals surface area (Å²) in [6.07, 6.45) is 4.77. The summed E-state index contributed by atoms with van der Waals surface area (Å²) in [7, 11) is 0. The lowest BCUT2D eigenvalue weighted by atomic mass is 9.96. The maximum absolute atomic E-state index is 5.44. The minimum absolute atomic E-state index is 0.425. The van der Waals surface area contributed by atoms with E-state index in [0.29, 0.717) is 18.0 Å². The number of guanidine groups is 1. The SMILES string of the molecule is CCC(CC)C(C)NC(=NC1CC1)NN. The van der Waals surface area contributed by atoms with E-state index in [0.717, 1.165) is 5.96 Å². The lowest BCUT2D eigenvalue weighted by molar-refractivity contribution is 0.388. The molecule has 1 aliphatic rings. The van der Waals surface area contributed by atoms with Crippen LogP contribution in [0.3, 0.4) is 0 Å². The van der Waals surface area contributed by atoms with Gasteiger partial charge in [0, 0.05) is 6.04 Å². The zero-order valence-corrected chi connectivity index (χ0v) is 10.1. The van der Waals surface area contributed by atoms with Gasteiger partial charge in [-0.05, 0) is 25.7 Å². The Morgan fingerprint density at radius 2 is 2.00 bits per heavy atom. The minimum Gasteiger partial charge on any atom is -0.353 e. The van der Waals surface area contributed by atoms with Gasteiger partial charge >= 0.3 is 0 Å². The van der Waals surface area contributed by atoms with E-state index < -0.39 is 0 Å². The molecule has 1 aliphatic carbocycles. The van der Waals surface area contributed by atoms with E-state index in [1.807, 2.05) is 0 Å². The molecule has 1 unspecified atom stereocenters. The maximum atomic E-state index is 5.44. The van der Waals surface area contributed by atoms with E-state index in [1.54, 1.807) is 0 Å². The van der Waals surface area contributed by atoms with Gasteiger partial charge < -0.3 is 5.32 Å². The van der Waals surface area contributed by atoms with Gasteiger partial charge in [0.1, 0.15) is 0 Å². The summed E-state index contributed by atoms with van der Waals surface area (Å²) >= 11 is 0. The van der Waals surface area contributed by atoms with E-state index in [4.69, 9.17) is 5.84 Å². The molecular formula is C11H24N4. The van der Waals surface area contributed by atoms with Gasteiger partial charge in [-0.3, -0.25) is 5.43 Å². The second kappa shape index (κ2) is 5.95. The van der Waals surface area contributed by atoms with Crippen LogP contribution in [0.5, 0.6) is 0 Å². The predicted molar refractivity (Wildman–Crippen MR) is 64.4 cm³/mol. The van der Waals surface area contributed by atoms with Crippen LogP contribution in [0.4, 0.5) is 0 Å². The van der Waals surface area contributed by atoms with Crippen molar-refractivity contribution in [2.45, 2.75) is 58.5 Å². The van der Waals surface area contributed by atoms with Gasteiger partial charge in [-0.15, -0.1) is 0 Å². The van der Waals surface area contributed by atoms with E-state index in [2.05, 4.69) is 36.5 Å². The number of nitrogens with one attached hydrogen (secondary N) is 2. The molecule has 4 nitrogen and oxygen atoms in total. The molecule has 1 rings (SSSR count). The number of nitrogens with zero attached hydrogens (tertiary/aromatic N) is 1. The Kier molecular flexibility index (Phi) is 4.88. The van der Waals surface area contributed by atoms with Crippen LogP contribution >= 0.6 is 0 Å². The molecule has 0 aromatic rings. The topological polar surface area (TPSA) is 62.4 Å². The Hall–Kier alpha value is -0.770. The fraction of sp³-hybridized carbons (Fsp3) is 0.909.